The number of anilines is 1. The predicted octanol–water partition coefficient (Wildman–Crippen LogP) is 2.56. The maximum atomic E-state index is 5.77. The van der Waals surface area contributed by atoms with E-state index >= 15 is 0 Å². The first-order valence-corrected chi connectivity index (χ1v) is 5.17. The minimum Gasteiger partial charge on any atom is -0.320 e. The van der Waals surface area contributed by atoms with E-state index in [2.05, 4.69) is 15.0 Å². The standard InChI is InChI=1S/C8H11ClN4.C2H6/c1-6-11-7(9)4-8(12-6)13(3)5-10-2;1-2/h4-5H,1-3H3;1-2H3. The molecule has 1 aromatic heterocycles. The smallest absolute Gasteiger partial charge is 0.138 e. The van der Waals surface area contributed by atoms with Crippen LogP contribution in [0.25, 0.3) is 0 Å². The van der Waals surface area contributed by atoms with Crippen LogP contribution in [-0.4, -0.2) is 30.4 Å². The lowest BCUT2D eigenvalue weighted by Gasteiger charge is -2.11. The normalized spacial score (nSPS) is 9.73. The van der Waals surface area contributed by atoms with Gasteiger partial charge in [-0.2, -0.15) is 0 Å². The van der Waals surface area contributed by atoms with Crippen molar-refractivity contribution in [2.24, 2.45) is 4.99 Å². The van der Waals surface area contributed by atoms with E-state index in [0.717, 1.165) is 5.82 Å². The Bertz CT molecular complexity index is 305. The van der Waals surface area contributed by atoms with Crippen LogP contribution in [0, 0.1) is 6.92 Å². The highest BCUT2D eigenvalue weighted by molar-refractivity contribution is 6.29. The monoisotopic (exact) mass is 228 g/mol. The molecule has 0 aromatic carbocycles. The Morgan fingerprint density at radius 3 is 2.47 bits per heavy atom. The molecule has 15 heavy (non-hydrogen) atoms. The molecule has 0 saturated carbocycles. The number of rotatable bonds is 2. The van der Waals surface area contributed by atoms with E-state index in [1.54, 1.807) is 31.3 Å². The van der Waals surface area contributed by atoms with Crippen LogP contribution < -0.4 is 4.90 Å². The zero-order valence-corrected chi connectivity index (χ0v) is 10.6. The predicted molar refractivity (Wildman–Crippen MR) is 65.9 cm³/mol. The SMILES string of the molecule is CC.CN=CN(C)c1cc(Cl)nc(C)n1. The number of halogens is 1. The molecule has 1 rings (SSSR count). The summed E-state index contributed by atoms with van der Waals surface area (Å²) in [6.45, 7) is 5.80. The number of aliphatic imine (C=N–C) groups is 1. The summed E-state index contributed by atoms with van der Waals surface area (Å²) in [7, 11) is 3.55. The van der Waals surface area contributed by atoms with Gasteiger partial charge in [0.15, 0.2) is 0 Å². The van der Waals surface area contributed by atoms with E-state index in [1.807, 2.05) is 20.9 Å². The van der Waals surface area contributed by atoms with Crippen molar-refractivity contribution in [2.45, 2.75) is 20.8 Å². The van der Waals surface area contributed by atoms with E-state index in [1.165, 1.54) is 0 Å². The number of aryl methyl sites for hydroxylation is 1. The van der Waals surface area contributed by atoms with Gasteiger partial charge in [0.25, 0.3) is 0 Å². The van der Waals surface area contributed by atoms with Crippen molar-refractivity contribution < 1.29 is 0 Å². The fourth-order valence-corrected chi connectivity index (χ4v) is 1.15. The van der Waals surface area contributed by atoms with Gasteiger partial charge in [0.05, 0.1) is 6.34 Å². The summed E-state index contributed by atoms with van der Waals surface area (Å²) in [5, 5.41) is 0.443. The van der Waals surface area contributed by atoms with Gasteiger partial charge < -0.3 is 4.90 Å². The van der Waals surface area contributed by atoms with Crippen LogP contribution >= 0.6 is 11.6 Å². The van der Waals surface area contributed by atoms with Gasteiger partial charge in [0, 0.05) is 20.2 Å². The molecule has 0 bridgehead atoms. The summed E-state index contributed by atoms with van der Waals surface area (Å²) >= 11 is 5.77. The third kappa shape index (κ3) is 4.74. The van der Waals surface area contributed by atoms with Crippen LogP contribution in [0.15, 0.2) is 11.1 Å². The van der Waals surface area contributed by atoms with Crippen LogP contribution in [0.5, 0.6) is 0 Å². The largest absolute Gasteiger partial charge is 0.320 e. The zero-order valence-electron chi connectivity index (χ0n) is 9.82. The third-order valence-corrected chi connectivity index (χ3v) is 1.64. The topological polar surface area (TPSA) is 41.4 Å². The van der Waals surface area contributed by atoms with Crippen molar-refractivity contribution in [3.63, 3.8) is 0 Å². The quantitative estimate of drug-likeness (QED) is 0.444. The second kappa shape index (κ2) is 7.17. The van der Waals surface area contributed by atoms with Crippen LogP contribution in [-0.2, 0) is 0 Å². The summed E-state index contributed by atoms with van der Waals surface area (Å²) in [5.74, 6) is 1.39. The highest BCUT2D eigenvalue weighted by Crippen LogP contribution is 2.13. The Kier molecular flexibility index (Phi) is 6.62. The Morgan fingerprint density at radius 2 is 2.00 bits per heavy atom. The van der Waals surface area contributed by atoms with Crippen molar-refractivity contribution in [1.29, 1.82) is 0 Å². The summed E-state index contributed by atoms with van der Waals surface area (Å²) in [5.41, 5.74) is 0. The highest BCUT2D eigenvalue weighted by atomic mass is 35.5. The lowest BCUT2D eigenvalue weighted by Crippen LogP contribution is -2.16. The van der Waals surface area contributed by atoms with Crippen LogP contribution in [0.2, 0.25) is 5.15 Å². The van der Waals surface area contributed by atoms with Gasteiger partial charge in [0.1, 0.15) is 16.8 Å². The molecule has 0 saturated heterocycles. The summed E-state index contributed by atoms with van der Waals surface area (Å²) in [4.78, 5) is 13.8. The molecule has 84 valence electrons. The first kappa shape index (κ1) is 13.8. The van der Waals surface area contributed by atoms with Crippen molar-refractivity contribution in [3.8, 4) is 0 Å². The van der Waals surface area contributed by atoms with E-state index in [-0.39, 0.29) is 0 Å². The molecule has 0 unspecified atom stereocenters. The average molecular weight is 229 g/mol. The molecule has 4 nitrogen and oxygen atoms in total. The third-order valence-electron chi connectivity index (χ3n) is 1.44. The molecule has 0 atom stereocenters. The molecule has 0 fully saturated rings. The van der Waals surface area contributed by atoms with Crippen LogP contribution in [0.1, 0.15) is 19.7 Å². The van der Waals surface area contributed by atoms with Crippen molar-refractivity contribution in [3.05, 3.63) is 17.0 Å². The number of nitrogens with zero attached hydrogens (tertiary/aromatic N) is 4. The van der Waals surface area contributed by atoms with Crippen LogP contribution in [0.4, 0.5) is 5.82 Å². The number of hydrogen-bond acceptors (Lipinski definition) is 3. The van der Waals surface area contributed by atoms with Crippen LogP contribution in [0.3, 0.4) is 0 Å². The molecule has 1 aromatic rings. The molecule has 0 spiro atoms. The maximum absolute atomic E-state index is 5.77. The molecule has 0 N–H and O–H groups in total. The van der Waals surface area contributed by atoms with E-state index < -0.39 is 0 Å². The van der Waals surface area contributed by atoms with Gasteiger partial charge in [-0.3, -0.25) is 4.99 Å². The van der Waals surface area contributed by atoms with Gasteiger partial charge in [0.2, 0.25) is 0 Å². The molecule has 0 amide bonds. The van der Waals surface area contributed by atoms with Crippen molar-refractivity contribution in [2.75, 3.05) is 19.0 Å². The first-order chi connectivity index (χ1) is 7.13. The average Bonchev–Trinajstić information content (AvgIpc) is 2.20. The minimum atomic E-state index is 0.443. The van der Waals surface area contributed by atoms with Gasteiger partial charge in [-0.1, -0.05) is 25.4 Å². The molecule has 5 heteroatoms. The Balaban J connectivity index is 0.000000921. The second-order valence-electron chi connectivity index (χ2n) is 2.58. The first-order valence-electron chi connectivity index (χ1n) is 4.80. The van der Waals surface area contributed by atoms with Gasteiger partial charge in [-0.05, 0) is 6.92 Å². The fraction of sp³-hybridized carbons (Fsp3) is 0.500. The Morgan fingerprint density at radius 1 is 1.40 bits per heavy atom. The van der Waals surface area contributed by atoms with E-state index in [9.17, 15) is 0 Å². The lowest BCUT2D eigenvalue weighted by molar-refractivity contribution is 1.03. The number of hydrogen-bond donors (Lipinski definition) is 0. The zero-order chi connectivity index (χ0) is 11.8. The molecule has 1 heterocycles. The molecule has 0 radical (unpaired) electrons. The molecule has 0 aliphatic carbocycles. The van der Waals surface area contributed by atoms with Gasteiger partial charge in [-0.15, -0.1) is 0 Å². The van der Waals surface area contributed by atoms with Gasteiger partial charge in [-0.25, -0.2) is 9.97 Å². The maximum Gasteiger partial charge on any atom is 0.138 e. The molecular formula is C10H17ClN4. The fourth-order valence-electron chi connectivity index (χ4n) is 0.929. The Hall–Kier alpha value is -1.16. The second-order valence-corrected chi connectivity index (χ2v) is 2.97. The molecular weight excluding hydrogens is 212 g/mol. The molecule has 0 aliphatic rings. The number of aromatic nitrogens is 2. The minimum absolute atomic E-state index is 0.443. The summed E-state index contributed by atoms with van der Waals surface area (Å²) in [6.07, 6.45) is 1.66. The van der Waals surface area contributed by atoms with Crippen molar-refractivity contribution in [1.82, 2.24) is 9.97 Å². The molecule has 0 aliphatic heterocycles. The summed E-state index contributed by atoms with van der Waals surface area (Å²) in [6, 6.07) is 1.69. The van der Waals surface area contributed by atoms with Crippen molar-refractivity contribution >= 4 is 23.8 Å². The highest BCUT2D eigenvalue weighted by Gasteiger charge is 2.02. The van der Waals surface area contributed by atoms with E-state index in [0.29, 0.717) is 11.0 Å². The summed E-state index contributed by atoms with van der Waals surface area (Å²) < 4.78 is 0. The lowest BCUT2D eigenvalue weighted by atomic mass is 10.5. The van der Waals surface area contributed by atoms with Gasteiger partial charge >= 0.3 is 0 Å². The van der Waals surface area contributed by atoms with E-state index in [4.69, 9.17) is 11.6 Å². The Labute approximate surface area is 96.0 Å².